The molecule has 1 saturated carbocycles. The highest BCUT2D eigenvalue weighted by Crippen LogP contribution is 2.49. The lowest BCUT2D eigenvalue weighted by molar-refractivity contribution is 0.317. The maximum absolute atomic E-state index is 13.5. The summed E-state index contributed by atoms with van der Waals surface area (Å²) in [4.78, 5) is 0. The molecule has 0 bridgehead atoms. The zero-order chi connectivity index (χ0) is 8.60. The SMILES string of the molecule is CCc1ccc(C2(F)CC2)cc1. The average molecular weight is 164 g/mol. The Morgan fingerprint density at radius 3 is 2.25 bits per heavy atom. The number of hydrogen-bond acceptors (Lipinski definition) is 0. The zero-order valence-corrected chi connectivity index (χ0v) is 7.31. The summed E-state index contributed by atoms with van der Waals surface area (Å²) in [6, 6.07) is 7.89. The Kier molecular flexibility index (Phi) is 1.67. The van der Waals surface area contributed by atoms with Crippen molar-refractivity contribution in [2.45, 2.75) is 31.9 Å². The van der Waals surface area contributed by atoms with E-state index in [0.29, 0.717) is 12.8 Å². The van der Waals surface area contributed by atoms with Gasteiger partial charge >= 0.3 is 0 Å². The first-order chi connectivity index (χ1) is 5.74. The van der Waals surface area contributed by atoms with Crippen LogP contribution >= 0.6 is 0 Å². The molecule has 2 rings (SSSR count). The van der Waals surface area contributed by atoms with Gasteiger partial charge in [0.05, 0.1) is 0 Å². The highest BCUT2D eigenvalue weighted by atomic mass is 19.1. The van der Waals surface area contributed by atoms with Crippen molar-refractivity contribution < 1.29 is 4.39 Å². The number of halogens is 1. The van der Waals surface area contributed by atoms with E-state index in [1.54, 1.807) is 0 Å². The van der Waals surface area contributed by atoms with Gasteiger partial charge in [0.1, 0.15) is 5.67 Å². The Morgan fingerprint density at radius 2 is 1.83 bits per heavy atom. The number of alkyl halides is 1. The third kappa shape index (κ3) is 1.24. The minimum atomic E-state index is -0.966. The molecule has 0 aromatic heterocycles. The van der Waals surface area contributed by atoms with Crippen LogP contribution in [-0.4, -0.2) is 0 Å². The Labute approximate surface area is 72.4 Å². The largest absolute Gasteiger partial charge is 0.239 e. The number of rotatable bonds is 2. The molecule has 1 heteroatoms. The summed E-state index contributed by atoms with van der Waals surface area (Å²) in [6.45, 7) is 2.11. The quantitative estimate of drug-likeness (QED) is 0.629. The molecule has 1 fully saturated rings. The molecule has 0 saturated heterocycles. The fourth-order valence-electron chi connectivity index (χ4n) is 1.44. The molecular weight excluding hydrogens is 151 g/mol. The first-order valence-electron chi connectivity index (χ1n) is 4.53. The Balaban J connectivity index is 2.25. The van der Waals surface area contributed by atoms with Crippen molar-refractivity contribution in [2.75, 3.05) is 0 Å². The normalized spacial score (nSPS) is 19.2. The zero-order valence-electron chi connectivity index (χ0n) is 7.31. The predicted molar refractivity (Wildman–Crippen MR) is 47.8 cm³/mol. The molecule has 0 aliphatic heterocycles. The second kappa shape index (κ2) is 2.58. The van der Waals surface area contributed by atoms with Crippen LogP contribution in [0.15, 0.2) is 24.3 Å². The molecule has 0 amide bonds. The third-order valence-corrected chi connectivity index (χ3v) is 2.57. The van der Waals surface area contributed by atoms with Gasteiger partial charge in [-0.25, -0.2) is 4.39 Å². The van der Waals surface area contributed by atoms with Gasteiger partial charge in [-0.05, 0) is 30.4 Å². The van der Waals surface area contributed by atoms with Gasteiger partial charge in [-0.1, -0.05) is 31.2 Å². The second-order valence-corrected chi connectivity index (χ2v) is 3.52. The van der Waals surface area contributed by atoms with Crippen LogP contribution in [0.1, 0.15) is 30.9 Å². The van der Waals surface area contributed by atoms with Crippen molar-refractivity contribution in [1.29, 1.82) is 0 Å². The molecule has 1 aromatic rings. The fraction of sp³-hybridized carbons (Fsp3) is 0.455. The van der Waals surface area contributed by atoms with Gasteiger partial charge in [-0.15, -0.1) is 0 Å². The molecule has 64 valence electrons. The summed E-state index contributed by atoms with van der Waals surface area (Å²) in [7, 11) is 0. The van der Waals surface area contributed by atoms with Gasteiger partial charge in [-0.2, -0.15) is 0 Å². The van der Waals surface area contributed by atoms with E-state index in [0.717, 1.165) is 12.0 Å². The molecule has 0 heterocycles. The van der Waals surface area contributed by atoms with Gasteiger partial charge in [0.2, 0.25) is 0 Å². The first kappa shape index (κ1) is 7.78. The summed E-state index contributed by atoms with van der Waals surface area (Å²) < 4.78 is 13.5. The first-order valence-corrected chi connectivity index (χ1v) is 4.53. The standard InChI is InChI=1S/C11H13F/c1-2-9-3-5-10(6-4-9)11(12)7-8-11/h3-6H,2,7-8H2,1H3. The summed E-state index contributed by atoms with van der Waals surface area (Å²) in [5.41, 5.74) is 1.18. The number of benzene rings is 1. The summed E-state index contributed by atoms with van der Waals surface area (Å²) in [5.74, 6) is 0. The summed E-state index contributed by atoms with van der Waals surface area (Å²) in [5, 5.41) is 0. The van der Waals surface area contributed by atoms with Crippen LogP contribution in [0.2, 0.25) is 0 Å². The lowest BCUT2D eigenvalue weighted by Gasteiger charge is -2.05. The topological polar surface area (TPSA) is 0 Å². The highest BCUT2D eigenvalue weighted by molar-refractivity contribution is 5.30. The maximum Gasteiger partial charge on any atom is 0.136 e. The monoisotopic (exact) mass is 164 g/mol. The van der Waals surface area contributed by atoms with Crippen molar-refractivity contribution >= 4 is 0 Å². The molecule has 1 aliphatic carbocycles. The summed E-state index contributed by atoms with van der Waals surface area (Å²) >= 11 is 0. The van der Waals surface area contributed by atoms with E-state index < -0.39 is 5.67 Å². The van der Waals surface area contributed by atoms with Crippen LogP contribution in [-0.2, 0) is 12.1 Å². The smallest absolute Gasteiger partial charge is 0.136 e. The highest BCUT2D eigenvalue weighted by Gasteiger charge is 2.44. The minimum Gasteiger partial charge on any atom is -0.239 e. The van der Waals surface area contributed by atoms with Gasteiger partial charge < -0.3 is 0 Å². The molecule has 0 radical (unpaired) electrons. The van der Waals surface area contributed by atoms with Crippen molar-refractivity contribution in [3.8, 4) is 0 Å². The molecule has 1 aromatic carbocycles. The van der Waals surface area contributed by atoms with E-state index in [2.05, 4.69) is 6.92 Å². The second-order valence-electron chi connectivity index (χ2n) is 3.52. The van der Waals surface area contributed by atoms with Crippen LogP contribution < -0.4 is 0 Å². The van der Waals surface area contributed by atoms with Crippen LogP contribution in [0.3, 0.4) is 0 Å². The van der Waals surface area contributed by atoms with Crippen molar-refractivity contribution in [1.82, 2.24) is 0 Å². The molecule has 0 N–H and O–H groups in total. The molecule has 12 heavy (non-hydrogen) atoms. The van der Waals surface area contributed by atoms with Crippen LogP contribution in [0, 0.1) is 0 Å². The van der Waals surface area contributed by atoms with E-state index in [1.807, 2.05) is 24.3 Å². The molecule has 0 nitrogen and oxygen atoms in total. The van der Waals surface area contributed by atoms with E-state index in [9.17, 15) is 4.39 Å². The Bertz CT molecular complexity index is 270. The van der Waals surface area contributed by atoms with E-state index in [1.165, 1.54) is 5.56 Å². The van der Waals surface area contributed by atoms with Crippen molar-refractivity contribution in [3.63, 3.8) is 0 Å². The lowest BCUT2D eigenvalue weighted by Crippen LogP contribution is -1.96. The van der Waals surface area contributed by atoms with Crippen LogP contribution in [0.25, 0.3) is 0 Å². The van der Waals surface area contributed by atoms with E-state index >= 15 is 0 Å². The molecule has 0 spiro atoms. The van der Waals surface area contributed by atoms with Crippen molar-refractivity contribution in [2.24, 2.45) is 0 Å². The lowest BCUT2D eigenvalue weighted by atomic mass is 10.1. The van der Waals surface area contributed by atoms with Gasteiger partial charge in [0.25, 0.3) is 0 Å². The Morgan fingerprint density at radius 1 is 1.25 bits per heavy atom. The Hall–Kier alpha value is -0.850. The van der Waals surface area contributed by atoms with Crippen LogP contribution in [0.5, 0.6) is 0 Å². The number of hydrogen-bond donors (Lipinski definition) is 0. The maximum atomic E-state index is 13.5. The summed E-state index contributed by atoms with van der Waals surface area (Å²) in [6.07, 6.45) is 2.44. The fourth-order valence-corrected chi connectivity index (χ4v) is 1.44. The van der Waals surface area contributed by atoms with E-state index in [4.69, 9.17) is 0 Å². The van der Waals surface area contributed by atoms with Gasteiger partial charge in [-0.3, -0.25) is 0 Å². The van der Waals surface area contributed by atoms with Crippen molar-refractivity contribution in [3.05, 3.63) is 35.4 Å². The average Bonchev–Trinajstić information content (AvgIpc) is 2.85. The number of aryl methyl sites for hydroxylation is 1. The molecule has 0 unspecified atom stereocenters. The van der Waals surface area contributed by atoms with E-state index in [-0.39, 0.29) is 0 Å². The molecular formula is C11H13F. The van der Waals surface area contributed by atoms with Gasteiger partial charge in [0.15, 0.2) is 0 Å². The molecule has 0 atom stereocenters. The molecule has 1 aliphatic rings. The minimum absolute atomic E-state index is 0.707. The third-order valence-electron chi connectivity index (χ3n) is 2.57. The van der Waals surface area contributed by atoms with Gasteiger partial charge in [0, 0.05) is 0 Å². The van der Waals surface area contributed by atoms with Crippen LogP contribution in [0.4, 0.5) is 4.39 Å². The predicted octanol–water partition coefficient (Wildman–Crippen LogP) is 3.21.